The molecule has 0 aliphatic carbocycles. The zero-order valence-corrected chi connectivity index (χ0v) is 14.7. The molecule has 1 rings (SSSR count). The van der Waals surface area contributed by atoms with Crippen LogP contribution in [-0.4, -0.2) is 29.1 Å². The van der Waals surface area contributed by atoms with Crippen LogP contribution in [0.2, 0.25) is 0 Å². The lowest BCUT2D eigenvalue weighted by molar-refractivity contribution is -0.00000422. The van der Waals surface area contributed by atoms with Crippen molar-refractivity contribution in [2.45, 2.75) is 78.3 Å². The van der Waals surface area contributed by atoms with Crippen molar-refractivity contribution in [2.24, 2.45) is 0 Å². The van der Waals surface area contributed by atoms with Gasteiger partial charge in [-0.3, -0.25) is 0 Å². The topological polar surface area (TPSA) is 6.48 Å². The maximum Gasteiger partial charge on any atom is 0.0977 e. The molecule has 2 nitrogen and oxygen atoms in total. The molecule has 0 aromatic carbocycles. The Balaban J connectivity index is 0.00000324. The van der Waals surface area contributed by atoms with Gasteiger partial charge in [-0.15, -0.1) is 0 Å². The van der Waals surface area contributed by atoms with E-state index in [-0.39, 0.29) is 17.0 Å². The van der Waals surface area contributed by atoms with Gasteiger partial charge in [-0.2, -0.15) is 0 Å². The Morgan fingerprint density at radius 2 is 1.16 bits per heavy atom. The lowest BCUT2D eigenvalue weighted by Gasteiger charge is -2.29. The molecule has 0 saturated heterocycles. The average Bonchev–Trinajstić information content (AvgIpc) is 2.72. The first-order valence-electron chi connectivity index (χ1n) is 7.99. The van der Waals surface area contributed by atoms with Crippen LogP contribution in [0.25, 0.3) is 0 Å². The Morgan fingerprint density at radius 1 is 0.737 bits per heavy atom. The average molecular weight is 332 g/mol. The highest BCUT2D eigenvalue weighted by Crippen LogP contribution is 2.17. The fourth-order valence-corrected chi connectivity index (χ4v) is 2.58. The molecule has 3 heteroatoms. The molecule has 0 aromatic rings. The van der Waals surface area contributed by atoms with Crippen molar-refractivity contribution < 1.29 is 17.0 Å². The van der Waals surface area contributed by atoms with Crippen LogP contribution in [0.3, 0.4) is 0 Å². The molecule has 0 unspecified atom stereocenters. The van der Waals surface area contributed by atoms with Crippen LogP contribution >= 0.6 is 0 Å². The van der Waals surface area contributed by atoms with Gasteiger partial charge in [0.1, 0.15) is 0 Å². The van der Waals surface area contributed by atoms with E-state index >= 15 is 0 Å². The summed E-state index contributed by atoms with van der Waals surface area (Å²) in [5.41, 5.74) is 0. The normalized spacial score (nSPS) is 15.1. The van der Waals surface area contributed by atoms with E-state index in [9.17, 15) is 0 Å². The standard InChI is InChI=1S/C16H32N2.BrH/c1-4-6-8-10-12-17-14-15-18(16(17)3)13-11-9-7-5-2;/h14-16H,4-13H2,1-3H3;1H/p-1. The van der Waals surface area contributed by atoms with Crippen molar-refractivity contribution in [1.82, 2.24) is 9.80 Å². The first kappa shape index (κ1) is 18.8. The summed E-state index contributed by atoms with van der Waals surface area (Å²) in [6.07, 6.45) is 16.0. The number of nitrogens with zero attached hydrogens (tertiary/aromatic N) is 2. The summed E-state index contributed by atoms with van der Waals surface area (Å²) in [5.74, 6) is 0. The second-order valence-corrected chi connectivity index (χ2v) is 5.53. The van der Waals surface area contributed by atoms with Gasteiger partial charge in [0.15, 0.2) is 0 Å². The van der Waals surface area contributed by atoms with Crippen molar-refractivity contribution in [2.75, 3.05) is 13.1 Å². The van der Waals surface area contributed by atoms with Gasteiger partial charge < -0.3 is 26.8 Å². The lowest BCUT2D eigenvalue weighted by Crippen LogP contribution is -3.00. The third-order valence-electron chi connectivity index (χ3n) is 3.95. The first-order valence-corrected chi connectivity index (χ1v) is 7.99. The van der Waals surface area contributed by atoms with E-state index in [1.807, 2.05) is 0 Å². The molecule has 0 fully saturated rings. The summed E-state index contributed by atoms with van der Waals surface area (Å²) in [7, 11) is 0. The molecule has 1 aliphatic rings. The van der Waals surface area contributed by atoms with Gasteiger partial charge in [-0.25, -0.2) is 0 Å². The summed E-state index contributed by atoms with van der Waals surface area (Å²) < 4.78 is 0. The van der Waals surface area contributed by atoms with E-state index < -0.39 is 0 Å². The van der Waals surface area contributed by atoms with Crippen LogP contribution in [0, 0.1) is 0 Å². The Morgan fingerprint density at radius 3 is 1.53 bits per heavy atom. The third-order valence-corrected chi connectivity index (χ3v) is 3.95. The molecule has 1 heterocycles. The van der Waals surface area contributed by atoms with Gasteiger partial charge in [0.2, 0.25) is 0 Å². The van der Waals surface area contributed by atoms with Gasteiger partial charge >= 0.3 is 0 Å². The largest absolute Gasteiger partial charge is 1.00 e. The summed E-state index contributed by atoms with van der Waals surface area (Å²) in [6.45, 7) is 9.33. The number of hydrogen-bond acceptors (Lipinski definition) is 2. The molecule has 114 valence electrons. The SMILES string of the molecule is CCCCCCN1C=CN(CCCCCC)C1C.[Br-]. The minimum atomic E-state index is 0. The van der Waals surface area contributed by atoms with Crippen LogP contribution in [0.1, 0.15) is 72.1 Å². The highest BCUT2D eigenvalue weighted by molar-refractivity contribution is 4.95. The van der Waals surface area contributed by atoms with Crippen LogP contribution in [-0.2, 0) is 0 Å². The van der Waals surface area contributed by atoms with Crippen LogP contribution in [0.5, 0.6) is 0 Å². The summed E-state index contributed by atoms with van der Waals surface area (Å²) in [4.78, 5) is 4.99. The van der Waals surface area contributed by atoms with Gasteiger partial charge in [0.25, 0.3) is 0 Å². The fourth-order valence-electron chi connectivity index (χ4n) is 2.58. The van der Waals surface area contributed by atoms with Crippen molar-refractivity contribution in [1.29, 1.82) is 0 Å². The van der Waals surface area contributed by atoms with Crippen molar-refractivity contribution >= 4 is 0 Å². The number of hydrogen-bond donors (Lipinski definition) is 0. The summed E-state index contributed by atoms with van der Waals surface area (Å²) in [6, 6.07) is 0. The smallest absolute Gasteiger partial charge is 0.0977 e. The number of halogens is 1. The van der Waals surface area contributed by atoms with E-state index in [1.54, 1.807) is 0 Å². The molecule has 0 spiro atoms. The molecule has 0 N–H and O–H groups in total. The molecule has 0 saturated carbocycles. The molecule has 0 atom stereocenters. The Labute approximate surface area is 131 Å². The maximum atomic E-state index is 2.50. The zero-order valence-electron chi connectivity index (χ0n) is 13.1. The summed E-state index contributed by atoms with van der Waals surface area (Å²) >= 11 is 0. The van der Waals surface area contributed by atoms with Crippen LogP contribution in [0.4, 0.5) is 0 Å². The lowest BCUT2D eigenvalue weighted by atomic mass is 10.2. The monoisotopic (exact) mass is 331 g/mol. The molecule has 19 heavy (non-hydrogen) atoms. The van der Waals surface area contributed by atoms with Gasteiger partial charge in [0, 0.05) is 25.5 Å². The van der Waals surface area contributed by atoms with E-state index in [2.05, 4.69) is 43.0 Å². The number of unbranched alkanes of at least 4 members (excludes halogenated alkanes) is 6. The minimum Gasteiger partial charge on any atom is -1.00 e. The van der Waals surface area contributed by atoms with E-state index in [0.29, 0.717) is 6.17 Å². The molecular weight excluding hydrogens is 300 g/mol. The van der Waals surface area contributed by atoms with E-state index in [1.165, 1.54) is 64.5 Å². The molecule has 0 radical (unpaired) electrons. The first-order chi connectivity index (χ1) is 8.79. The Hall–Kier alpha value is -0.180. The Bertz CT molecular complexity index is 209. The predicted molar refractivity (Wildman–Crippen MR) is 80.3 cm³/mol. The third kappa shape index (κ3) is 7.24. The van der Waals surface area contributed by atoms with Crippen LogP contribution < -0.4 is 17.0 Å². The van der Waals surface area contributed by atoms with Crippen molar-refractivity contribution in [3.8, 4) is 0 Å². The fraction of sp³-hybridized carbons (Fsp3) is 0.875. The van der Waals surface area contributed by atoms with E-state index in [0.717, 1.165) is 0 Å². The van der Waals surface area contributed by atoms with Gasteiger partial charge in [-0.1, -0.05) is 52.4 Å². The number of rotatable bonds is 10. The quantitative estimate of drug-likeness (QED) is 0.561. The Kier molecular flexibility index (Phi) is 11.5. The molecule has 0 aromatic heterocycles. The molecule has 1 aliphatic heterocycles. The summed E-state index contributed by atoms with van der Waals surface area (Å²) in [5, 5.41) is 0. The van der Waals surface area contributed by atoms with Crippen molar-refractivity contribution in [3.05, 3.63) is 12.4 Å². The van der Waals surface area contributed by atoms with E-state index in [4.69, 9.17) is 0 Å². The zero-order chi connectivity index (χ0) is 13.2. The van der Waals surface area contributed by atoms with Crippen LogP contribution in [0.15, 0.2) is 12.4 Å². The highest BCUT2D eigenvalue weighted by Gasteiger charge is 2.20. The predicted octanol–water partition coefficient (Wildman–Crippen LogP) is 1.59. The van der Waals surface area contributed by atoms with Crippen molar-refractivity contribution in [3.63, 3.8) is 0 Å². The van der Waals surface area contributed by atoms with Gasteiger partial charge in [-0.05, 0) is 19.8 Å². The maximum absolute atomic E-state index is 2.50. The highest BCUT2D eigenvalue weighted by atomic mass is 79.9. The minimum absolute atomic E-state index is 0. The molecule has 0 bridgehead atoms. The molecule has 0 amide bonds. The molecular formula is C16H32BrN2-. The van der Waals surface area contributed by atoms with Gasteiger partial charge in [0.05, 0.1) is 6.17 Å². The second kappa shape index (κ2) is 11.6. The second-order valence-electron chi connectivity index (χ2n) is 5.53.